The van der Waals surface area contributed by atoms with E-state index in [0.717, 1.165) is 5.56 Å². The van der Waals surface area contributed by atoms with Gasteiger partial charge in [0.1, 0.15) is 17.7 Å². The van der Waals surface area contributed by atoms with Gasteiger partial charge in [-0.05, 0) is 48.7 Å². The van der Waals surface area contributed by atoms with Crippen molar-refractivity contribution < 1.29 is 18.4 Å². The minimum absolute atomic E-state index is 0.0791. The van der Waals surface area contributed by atoms with Crippen molar-refractivity contribution in [1.29, 1.82) is 0 Å². The molecule has 0 aliphatic carbocycles. The van der Waals surface area contributed by atoms with Crippen LogP contribution < -0.4 is 5.32 Å². The lowest BCUT2D eigenvalue weighted by molar-refractivity contribution is -0.139. The number of nitrogens with zero attached hydrogens (tertiary/aromatic N) is 1. The summed E-state index contributed by atoms with van der Waals surface area (Å²) in [6.45, 7) is 3.89. The Labute approximate surface area is 209 Å². The number of rotatable bonds is 11. The van der Waals surface area contributed by atoms with Gasteiger partial charge >= 0.3 is 0 Å². The lowest BCUT2D eigenvalue weighted by Crippen LogP contribution is -2.52. The molecule has 1 N–H and O–H groups in total. The molecule has 4 nitrogen and oxygen atoms in total. The molecule has 0 spiro atoms. The van der Waals surface area contributed by atoms with E-state index in [1.165, 1.54) is 30.0 Å². The van der Waals surface area contributed by atoms with Gasteiger partial charge in [-0.25, -0.2) is 8.78 Å². The van der Waals surface area contributed by atoms with E-state index in [1.54, 1.807) is 35.2 Å². The molecule has 0 radical (unpaired) electrons. The maximum absolute atomic E-state index is 14.0. The minimum Gasteiger partial charge on any atom is -0.352 e. The molecule has 3 aromatic rings. The first kappa shape index (κ1) is 26.4. The highest BCUT2D eigenvalue weighted by molar-refractivity contribution is 7.99. The van der Waals surface area contributed by atoms with Crippen LogP contribution in [0, 0.1) is 11.6 Å². The largest absolute Gasteiger partial charge is 0.352 e. The van der Waals surface area contributed by atoms with Crippen LogP contribution >= 0.6 is 11.8 Å². The molecule has 184 valence electrons. The molecule has 0 aromatic heterocycles. The summed E-state index contributed by atoms with van der Waals surface area (Å²) in [5, 5.41) is 2.93. The second-order valence-corrected chi connectivity index (χ2v) is 9.59. The summed E-state index contributed by atoms with van der Waals surface area (Å²) < 4.78 is 27.5. The molecule has 35 heavy (non-hydrogen) atoms. The second-order valence-electron chi connectivity index (χ2n) is 8.60. The van der Waals surface area contributed by atoms with Crippen molar-refractivity contribution >= 4 is 23.6 Å². The molecule has 0 fully saturated rings. The zero-order valence-electron chi connectivity index (χ0n) is 19.9. The van der Waals surface area contributed by atoms with Crippen LogP contribution in [0.5, 0.6) is 0 Å². The topological polar surface area (TPSA) is 49.4 Å². The Hall–Kier alpha value is -3.19. The fourth-order valence-electron chi connectivity index (χ4n) is 3.67. The van der Waals surface area contributed by atoms with E-state index in [1.807, 2.05) is 44.2 Å². The summed E-state index contributed by atoms with van der Waals surface area (Å²) in [6, 6.07) is 21.0. The number of nitrogens with one attached hydrogen (secondary N) is 1. The molecular formula is C28H30F2N2O2S. The lowest BCUT2D eigenvalue weighted by Gasteiger charge is -2.32. The fraction of sp³-hybridized carbons (Fsp3) is 0.286. The van der Waals surface area contributed by atoms with Crippen LogP contribution in [0.4, 0.5) is 8.78 Å². The average Bonchev–Trinajstić information content (AvgIpc) is 2.84. The number of benzene rings is 3. The number of amides is 2. The van der Waals surface area contributed by atoms with Crippen molar-refractivity contribution in [2.45, 2.75) is 44.6 Å². The fourth-order valence-corrected chi connectivity index (χ4v) is 4.56. The molecule has 3 rings (SSSR count). The van der Waals surface area contributed by atoms with Gasteiger partial charge in [0.2, 0.25) is 11.8 Å². The van der Waals surface area contributed by atoms with Crippen LogP contribution in [0.2, 0.25) is 0 Å². The molecule has 0 heterocycles. The van der Waals surface area contributed by atoms with Crippen LogP contribution in [0.25, 0.3) is 0 Å². The Morgan fingerprint density at radius 2 is 1.54 bits per heavy atom. The van der Waals surface area contributed by atoms with E-state index in [2.05, 4.69) is 5.32 Å². The van der Waals surface area contributed by atoms with E-state index in [-0.39, 0.29) is 41.8 Å². The van der Waals surface area contributed by atoms with Crippen molar-refractivity contribution in [1.82, 2.24) is 10.2 Å². The highest BCUT2D eigenvalue weighted by Gasteiger charge is 2.30. The van der Waals surface area contributed by atoms with Crippen molar-refractivity contribution in [2.75, 3.05) is 5.75 Å². The van der Waals surface area contributed by atoms with Crippen molar-refractivity contribution in [3.05, 3.63) is 107 Å². The summed E-state index contributed by atoms with van der Waals surface area (Å²) >= 11 is 1.30. The Morgan fingerprint density at radius 1 is 0.886 bits per heavy atom. The highest BCUT2D eigenvalue weighted by atomic mass is 32.2. The summed E-state index contributed by atoms with van der Waals surface area (Å²) in [7, 11) is 0. The van der Waals surface area contributed by atoms with E-state index in [9.17, 15) is 18.4 Å². The summed E-state index contributed by atoms with van der Waals surface area (Å²) in [6.07, 6.45) is 0.338. The van der Waals surface area contributed by atoms with Gasteiger partial charge in [-0.1, -0.05) is 60.7 Å². The molecular weight excluding hydrogens is 466 g/mol. The Kier molecular flexibility index (Phi) is 9.85. The SMILES string of the molecule is CC(C)NC(=O)C(Cc1ccccc1)N(Cc1ccc(F)cc1)C(=O)CSCc1ccccc1F. The van der Waals surface area contributed by atoms with E-state index in [4.69, 9.17) is 0 Å². The van der Waals surface area contributed by atoms with E-state index < -0.39 is 6.04 Å². The summed E-state index contributed by atoms with van der Waals surface area (Å²) in [5.74, 6) is -0.756. The van der Waals surface area contributed by atoms with Crippen LogP contribution in [-0.4, -0.2) is 34.6 Å². The molecule has 1 atom stereocenters. The molecule has 0 aliphatic heterocycles. The quantitative estimate of drug-likeness (QED) is 0.389. The Bertz CT molecular complexity index is 1110. The van der Waals surface area contributed by atoms with Gasteiger partial charge in [0.05, 0.1) is 5.75 Å². The first-order valence-electron chi connectivity index (χ1n) is 11.5. The molecule has 0 bridgehead atoms. The van der Waals surface area contributed by atoms with Gasteiger partial charge in [-0.3, -0.25) is 9.59 Å². The maximum Gasteiger partial charge on any atom is 0.243 e. The third-order valence-corrected chi connectivity index (χ3v) is 6.38. The van der Waals surface area contributed by atoms with Gasteiger partial charge in [-0.2, -0.15) is 0 Å². The summed E-state index contributed by atoms with van der Waals surface area (Å²) in [4.78, 5) is 28.3. The number of carbonyl (C=O) groups is 2. The van der Waals surface area contributed by atoms with Gasteiger partial charge in [0.15, 0.2) is 0 Å². The Morgan fingerprint density at radius 3 is 2.20 bits per heavy atom. The standard InChI is InChI=1S/C28H30F2N2O2S/c1-20(2)31-28(34)26(16-21-8-4-3-5-9-21)32(17-22-12-14-24(29)15-13-22)27(33)19-35-18-23-10-6-7-11-25(23)30/h3-15,20,26H,16-19H2,1-2H3,(H,31,34). The van der Waals surface area contributed by atoms with Gasteiger partial charge in [-0.15, -0.1) is 11.8 Å². The first-order chi connectivity index (χ1) is 16.8. The first-order valence-corrected chi connectivity index (χ1v) is 12.7. The zero-order valence-corrected chi connectivity index (χ0v) is 20.7. The van der Waals surface area contributed by atoms with Crippen LogP contribution in [0.3, 0.4) is 0 Å². The Balaban J connectivity index is 1.84. The van der Waals surface area contributed by atoms with Crippen molar-refractivity contribution in [3.63, 3.8) is 0 Å². The molecule has 3 aromatic carbocycles. The lowest BCUT2D eigenvalue weighted by atomic mass is 10.0. The molecule has 0 aliphatic rings. The number of carbonyl (C=O) groups excluding carboxylic acids is 2. The number of hydrogen-bond donors (Lipinski definition) is 1. The molecule has 2 amide bonds. The van der Waals surface area contributed by atoms with Gasteiger partial charge in [0, 0.05) is 24.8 Å². The maximum atomic E-state index is 14.0. The number of halogens is 2. The van der Waals surface area contributed by atoms with Gasteiger partial charge in [0.25, 0.3) is 0 Å². The smallest absolute Gasteiger partial charge is 0.243 e. The molecule has 0 saturated carbocycles. The van der Waals surface area contributed by atoms with Crippen LogP contribution in [0.1, 0.15) is 30.5 Å². The third-order valence-electron chi connectivity index (χ3n) is 5.41. The molecule has 1 unspecified atom stereocenters. The van der Waals surface area contributed by atoms with E-state index >= 15 is 0 Å². The number of thioether (sulfide) groups is 1. The third kappa shape index (κ3) is 8.21. The zero-order chi connectivity index (χ0) is 25.2. The normalized spacial score (nSPS) is 11.8. The van der Waals surface area contributed by atoms with Crippen LogP contribution in [0.15, 0.2) is 78.9 Å². The van der Waals surface area contributed by atoms with Crippen molar-refractivity contribution in [2.24, 2.45) is 0 Å². The average molecular weight is 497 g/mol. The highest BCUT2D eigenvalue weighted by Crippen LogP contribution is 2.20. The number of hydrogen-bond acceptors (Lipinski definition) is 3. The second kappa shape index (κ2) is 13.0. The molecule has 0 saturated heterocycles. The monoisotopic (exact) mass is 496 g/mol. The predicted octanol–water partition coefficient (Wildman–Crippen LogP) is 5.36. The van der Waals surface area contributed by atoms with Crippen molar-refractivity contribution in [3.8, 4) is 0 Å². The minimum atomic E-state index is -0.758. The van der Waals surface area contributed by atoms with Crippen LogP contribution in [-0.2, 0) is 28.3 Å². The van der Waals surface area contributed by atoms with E-state index in [0.29, 0.717) is 23.3 Å². The molecule has 7 heteroatoms. The predicted molar refractivity (Wildman–Crippen MR) is 137 cm³/mol. The summed E-state index contributed by atoms with van der Waals surface area (Å²) in [5.41, 5.74) is 2.16. The van der Waals surface area contributed by atoms with Gasteiger partial charge < -0.3 is 10.2 Å².